The number of carbonyl (C=O) groups is 3. The summed E-state index contributed by atoms with van der Waals surface area (Å²) in [6, 6.07) is 16.2. The van der Waals surface area contributed by atoms with Crippen LogP contribution in [-0.4, -0.2) is 54.5 Å². The molecule has 3 N–H and O–H groups in total. The second-order valence-corrected chi connectivity index (χ2v) is 9.18. The molecule has 1 aliphatic carbocycles. The van der Waals surface area contributed by atoms with Crippen molar-refractivity contribution in [2.24, 2.45) is 5.92 Å². The first kappa shape index (κ1) is 24.7. The summed E-state index contributed by atoms with van der Waals surface area (Å²) in [5.41, 5.74) is 3.40. The number of carboxylic acids is 1. The van der Waals surface area contributed by atoms with Crippen LogP contribution in [0, 0.1) is 5.92 Å². The van der Waals surface area contributed by atoms with Gasteiger partial charge in [0.2, 0.25) is 5.91 Å². The molecule has 8 heteroatoms. The lowest BCUT2D eigenvalue weighted by atomic mass is 9.91. The zero-order valence-corrected chi connectivity index (χ0v) is 20.1. The van der Waals surface area contributed by atoms with Crippen LogP contribution in [0.15, 0.2) is 48.5 Å². The smallest absolute Gasteiger partial charge is 0.408 e. The maximum atomic E-state index is 13.1. The molecule has 0 radical (unpaired) electrons. The van der Waals surface area contributed by atoms with Crippen molar-refractivity contribution in [3.05, 3.63) is 59.7 Å². The second kappa shape index (κ2) is 10.5. The first-order valence-corrected chi connectivity index (χ1v) is 12.1. The van der Waals surface area contributed by atoms with Crippen molar-refractivity contribution in [1.29, 1.82) is 0 Å². The number of hydrogen-bond donors (Lipinski definition) is 3. The van der Waals surface area contributed by atoms with Gasteiger partial charge in [0.05, 0.1) is 18.6 Å². The van der Waals surface area contributed by atoms with Gasteiger partial charge in [-0.05, 0) is 41.5 Å². The minimum atomic E-state index is -1.13. The van der Waals surface area contributed by atoms with Crippen molar-refractivity contribution in [3.8, 4) is 11.1 Å². The zero-order valence-electron chi connectivity index (χ0n) is 20.1. The molecule has 2 aliphatic rings. The first-order valence-electron chi connectivity index (χ1n) is 12.1. The quantitative estimate of drug-likeness (QED) is 0.504. The minimum Gasteiger partial charge on any atom is -0.481 e. The maximum Gasteiger partial charge on any atom is 0.408 e. The van der Waals surface area contributed by atoms with Gasteiger partial charge in [0, 0.05) is 12.5 Å². The molecule has 1 saturated heterocycles. The normalized spacial score (nSPS) is 19.0. The lowest BCUT2D eigenvalue weighted by Crippen LogP contribution is -2.59. The summed E-state index contributed by atoms with van der Waals surface area (Å²) in [6.07, 6.45) is 0.0985. The van der Waals surface area contributed by atoms with E-state index in [0.717, 1.165) is 22.3 Å². The fourth-order valence-electron chi connectivity index (χ4n) is 5.03. The van der Waals surface area contributed by atoms with E-state index >= 15 is 0 Å². The van der Waals surface area contributed by atoms with Gasteiger partial charge >= 0.3 is 12.1 Å². The van der Waals surface area contributed by atoms with Gasteiger partial charge in [-0.15, -0.1) is 0 Å². The number of nitrogens with one attached hydrogen (secondary N) is 2. The topological polar surface area (TPSA) is 114 Å². The molecule has 1 aliphatic heterocycles. The van der Waals surface area contributed by atoms with Crippen LogP contribution in [0.3, 0.4) is 0 Å². The highest BCUT2D eigenvalue weighted by molar-refractivity contribution is 5.90. The Morgan fingerprint density at radius 3 is 2.17 bits per heavy atom. The second-order valence-electron chi connectivity index (χ2n) is 9.18. The number of hydrogen-bond acceptors (Lipinski definition) is 5. The van der Waals surface area contributed by atoms with Crippen LogP contribution in [0.2, 0.25) is 0 Å². The van der Waals surface area contributed by atoms with E-state index in [1.807, 2.05) is 38.1 Å². The number of fused-ring (bicyclic) bond motifs is 3. The Morgan fingerprint density at radius 1 is 1.03 bits per heavy atom. The molecule has 0 spiro atoms. The third-order valence-electron chi connectivity index (χ3n) is 7.25. The van der Waals surface area contributed by atoms with Crippen LogP contribution in [0.1, 0.15) is 50.2 Å². The largest absolute Gasteiger partial charge is 0.481 e. The number of amides is 2. The highest BCUT2D eigenvalue weighted by atomic mass is 16.5. The first-order chi connectivity index (χ1) is 16.9. The molecule has 186 valence electrons. The molecule has 2 amide bonds. The Morgan fingerprint density at radius 2 is 1.63 bits per heavy atom. The Labute approximate surface area is 205 Å². The zero-order chi connectivity index (χ0) is 25.0. The number of aliphatic carboxylic acids is 1. The number of ether oxygens (including phenoxy) is 2. The summed E-state index contributed by atoms with van der Waals surface area (Å²) in [6.45, 7) is 4.16. The molecule has 1 heterocycles. The van der Waals surface area contributed by atoms with Crippen molar-refractivity contribution in [1.82, 2.24) is 10.6 Å². The molecule has 4 rings (SSSR count). The molecule has 0 unspecified atom stereocenters. The van der Waals surface area contributed by atoms with Crippen LogP contribution < -0.4 is 10.6 Å². The van der Waals surface area contributed by atoms with Crippen LogP contribution in [0.25, 0.3) is 11.1 Å². The summed E-state index contributed by atoms with van der Waals surface area (Å²) in [5, 5.41) is 14.7. The SMILES string of the molecule is CCC(CC)(NC(=O)OCC1c2ccccc2-c2ccccc21)C(=O)NC[C@H]1C[C@@H](C(=O)O)CO1. The van der Waals surface area contributed by atoms with E-state index in [0.29, 0.717) is 19.3 Å². The molecule has 0 aromatic heterocycles. The summed E-state index contributed by atoms with van der Waals surface area (Å²) < 4.78 is 11.1. The standard InChI is InChI=1S/C27H32N2O6/c1-3-27(4-2,25(32)28-14-18-13-17(15-34-18)24(30)31)29-26(33)35-16-23-21-11-7-5-9-19(21)20-10-6-8-12-22(20)23/h5-12,17-18,23H,3-4,13-16H2,1-2H3,(H,28,32)(H,29,33)(H,30,31)/t17-,18-/m1/s1. The summed E-state index contributed by atoms with van der Waals surface area (Å²) >= 11 is 0. The van der Waals surface area contributed by atoms with Crippen LogP contribution in [-0.2, 0) is 19.1 Å². The van der Waals surface area contributed by atoms with E-state index in [2.05, 4.69) is 34.9 Å². The highest BCUT2D eigenvalue weighted by Crippen LogP contribution is 2.44. The van der Waals surface area contributed by atoms with Crippen molar-refractivity contribution in [2.45, 2.75) is 50.7 Å². The van der Waals surface area contributed by atoms with Crippen molar-refractivity contribution in [2.75, 3.05) is 19.8 Å². The number of alkyl carbamates (subject to hydrolysis) is 1. The molecule has 0 saturated carbocycles. The Hall–Kier alpha value is -3.39. The summed E-state index contributed by atoms with van der Waals surface area (Å²) in [7, 11) is 0. The molecular formula is C27H32N2O6. The Kier molecular flexibility index (Phi) is 7.40. The van der Waals surface area contributed by atoms with E-state index in [1.54, 1.807) is 0 Å². The van der Waals surface area contributed by atoms with Gasteiger partial charge in [0.15, 0.2) is 0 Å². The van der Waals surface area contributed by atoms with E-state index in [4.69, 9.17) is 14.6 Å². The molecule has 1 fully saturated rings. The van der Waals surface area contributed by atoms with E-state index in [1.165, 1.54) is 0 Å². The monoisotopic (exact) mass is 480 g/mol. The van der Waals surface area contributed by atoms with Gasteiger partial charge in [-0.25, -0.2) is 4.79 Å². The van der Waals surface area contributed by atoms with Crippen molar-refractivity contribution in [3.63, 3.8) is 0 Å². The van der Waals surface area contributed by atoms with Gasteiger partial charge < -0.3 is 25.2 Å². The lowest BCUT2D eigenvalue weighted by Gasteiger charge is -2.31. The van der Waals surface area contributed by atoms with Gasteiger partial charge in [-0.3, -0.25) is 9.59 Å². The average Bonchev–Trinajstić information content (AvgIpc) is 3.48. The van der Waals surface area contributed by atoms with Gasteiger partial charge in [0.1, 0.15) is 12.1 Å². The van der Waals surface area contributed by atoms with Gasteiger partial charge in [-0.2, -0.15) is 0 Å². The Balaban J connectivity index is 1.37. The lowest BCUT2D eigenvalue weighted by molar-refractivity contribution is -0.141. The Bertz CT molecular complexity index is 1050. The number of rotatable bonds is 9. The van der Waals surface area contributed by atoms with Crippen LogP contribution >= 0.6 is 0 Å². The van der Waals surface area contributed by atoms with E-state index in [9.17, 15) is 14.4 Å². The molecule has 2 aromatic carbocycles. The van der Waals surface area contributed by atoms with E-state index < -0.39 is 23.5 Å². The van der Waals surface area contributed by atoms with E-state index in [-0.39, 0.29) is 37.7 Å². The molecule has 2 aromatic rings. The van der Waals surface area contributed by atoms with Crippen molar-refractivity contribution < 1.29 is 29.0 Å². The van der Waals surface area contributed by atoms with Crippen LogP contribution in [0.5, 0.6) is 0 Å². The summed E-state index contributed by atoms with van der Waals surface area (Å²) in [5.74, 6) is -1.86. The number of carboxylic acid groups (broad SMARTS) is 1. The van der Waals surface area contributed by atoms with Gasteiger partial charge in [-0.1, -0.05) is 62.4 Å². The molecule has 2 atom stereocenters. The molecule has 35 heavy (non-hydrogen) atoms. The molecule has 0 bridgehead atoms. The highest BCUT2D eigenvalue weighted by Gasteiger charge is 2.39. The fraction of sp³-hybridized carbons (Fsp3) is 0.444. The predicted molar refractivity (Wildman–Crippen MR) is 130 cm³/mol. The predicted octanol–water partition coefficient (Wildman–Crippen LogP) is 3.69. The number of carbonyl (C=O) groups excluding carboxylic acids is 2. The average molecular weight is 481 g/mol. The van der Waals surface area contributed by atoms with Crippen molar-refractivity contribution >= 4 is 18.0 Å². The van der Waals surface area contributed by atoms with Gasteiger partial charge in [0.25, 0.3) is 0 Å². The minimum absolute atomic E-state index is 0.0682. The summed E-state index contributed by atoms with van der Waals surface area (Å²) in [4.78, 5) is 37.0. The third-order valence-corrected chi connectivity index (χ3v) is 7.25. The fourth-order valence-corrected chi connectivity index (χ4v) is 5.03. The molecular weight excluding hydrogens is 448 g/mol. The van der Waals surface area contributed by atoms with Crippen LogP contribution in [0.4, 0.5) is 4.79 Å². The number of benzene rings is 2. The molecule has 8 nitrogen and oxygen atoms in total. The third kappa shape index (κ3) is 5.03. The maximum absolute atomic E-state index is 13.1.